The van der Waals surface area contributed by atoms with Gasteiger partial charge in [-0.15, -0.1) is 11.3 Å². The number of nitrogens with one attached hydrogen (secondary N) is 1. The molecular formula is C21H23ClFN3OS. The van der Waals surface area contributed by atoms with Gasteiger partial charge in [0.2, 0.25) is 0 Å². The molecular weight excluding hydrogens is 397 g/mol. The van der Waals surface area contributed by atoms with Crippen LogP contribution in [0, 0.1) is 11.7 Å². The lowest BCUT2D eigenvalue weighted by molar-refractivity contribution is 0.241. The van der Waals surface area contributed by atoms with Crippen molar-refractivity contribution < 1.29 is 4.39 Å². The summed E-state index contributed by atoms with van der Waals surface area (Å²) < 4.78 is 14.1. The first-order valence-electron chi connectivity index (χ1n) is 9.52. The van der Waals surface area contributed by atoms with E-state index in [0.717, 1.165) is 29.5 Å². The van der Waals surface area contributed by atoms with Crippen LogP contribution in [-0.2, 0) is 19.4 Å². The Bertz CT molecular complexity index is 1070. The number of hydrogen-bond donors (Lipinski definition) is 1. The Morgan fingerprint density at radius 2 is 2.25 bits per heavy atom. The maximum atomic E-state index is 14.1. The SMILES string of the molecule is CC1CCc2c(sc3nc(C(C)N(C)Cc4c(F)cccc4Cl)[nH]c(=O)c23)C1. The third-order valence-electron chi connectivity index (χ3n) is 5.71. The number of thiophene rings is 1. The summed E-state index contributed by atoms with van der Waals surface area (Å²) in [7, 11) is 1.87. The molecule has 28 heavy (non-hydrogen) atoms. The molecule has 0 bridgehead atoms. The lowest BCUT2D eigenvalue weighted by Crippen LogP contribution is -2.26. The number of nitrogens with zero attached hydrogens (tertiary/aromatic N) is 2. The van der Waals surface area contributed by atoms with Crippen molar-refractivity contribution in [3.8, 4) is 0 Å². The highest BCUT2D eigenvalue weighted by Gasteiger charge is 2.24. The van der Waals surface area contributed by atoms with E-state index in [1.807, 2.05) is 18.9 Å². The first-order chi connectivity index (χ1) is 13.3. The van der Waals surface area contributed by atoms with Gasteiger partial charge in [0, 0.05) is 22.0 Å². The highest BCUT2D eigenvalue weighted by atomic mass is 35.5. The number of fused-ring (bicyclic) bond motifs is 3. The van der Waals surface area contributed by atoms with Crippen molar-refractivity contribution in [2.75, 3.05) is 7.05 Å². The first kappa shape index (κ1) is 19.6. The monoisotopic (exact) mass is 419 g/mol. The van der Waals surface area contributed by atoms with Crippen molar-refractivity contribution in [1.82, 2.24) is 14.9 Å². The maximum Gasteiger partial charge on any atom is 0.259 e. The van der Waals surface area contributed by atoms with Crippen LogP contribution in [-0.4, -0.2) is 21.9 Å². The molecule has 2 heterocycles. The average Bonchev–Trinajstić information content (AvgIpc) is 3.01. The minimum absolute atomic E-state index is 0.0729. The van der Waals surface area contributed by atoms with E-state index in [4.69, 9.17) is 16.6 Å². The van der Waals surface area contributed by atoms with Gasteiger partial charge >= 0.3 is 0 Å². The minimum atomic E-state index is -0.330. The zero-order chi connectivity index (χ0) is 20.0. The fourth-order valence-corrected chi connectivity index (χ4v) is 5.46. The van der Waals surface area contributed by atoms with E-state index in [-0.39, 0.29) is 17.4 Å². The number of H-pyrrole nitrogens is 1. The predicted molar refractivity (Wildman–Crippen MR) is 113 cm³/mol. The van der Waals surface area contributed by atoms with Gasteiger partial charge in [0.25, 0.3) is 5.56 Å². The minimum Gasteiger partial charge on any atom is -0.309 e. The molecule has 1 aliphatic carbocycles. The normalized spacial score (nSPS) is 17.9. The van der Waals surface area contributed by atoms with Gasteiger partial charge in [0.05, 0.1) is 11.4 Å². The summed E-state index contributed by atoms with van der Waals surface area (Å²) in [6, 6.07) is 4.49. The summed E-state index contributed by atoms with van der Waals surface area (Å²) in [5.41, 5.74) is 1.55. The van der Waals surface area contributed by atoms with Gasteiger partial charge in [0.15, 0.2) is 0 Å². The molecule has 0 saturated carbocycles. The molecule has 0 radical (unpaired) electrons. The Kier molecular flexibility index (Phi) is 5.29. The van der Waals surface area contributed by atoms with E-state index in [1.165, 1.54) is 16.5 Å². The van der Waals surface area contributed by atoms with Crippen LogP contribution >= 0.6 is 22.9 Å². The smallest absolute Gasteiger partial charge is 0.259 e. The standard InChI is InChI=1S/C21H23ClFN3OS/c1-11-7-8-13-17(9-11)28-21-18(13)20(27)24-19(25-21)12(2)26(3)10-14-15(22)5-4-6-16(14)23/h4-6,11-12H,7-10H2,1-3H3,(H,24,25,27). The Labute approximate surface area is 172 Å². The third-order valence-corrected chi connectivity index (χ3v) is 7.21. The first-order valence-corrected chi connectivity index (χ1v) is 10.7. The summed E-state index contributed by atoms with van der Waals surface area (Å²) in [5, 5.41) is 1.15. The number of rotatable bonds is 4. The largest absolute Gasteiger partial charge is 0.309 e. The van der Waals surface area contributed by atoms with E-state index < -0.39 is 0 Å². The number of halogens is 2. The number of aromatic amines is 1. The molecule has 0 spiro atoms. The van der Waals surface area contributed by atoms with Gasteiger partial charge in [-0.25, -0.2) is 9.37 Å². The van der Waals surface area contributed by atoms with Crippen LogP contribution in [0.4, 0.5) is 4.39 Å². The van der Waals surface area contributed by atoms with Crippen LogP contribution in [0.25, 0.3) is 10.2 Å². The second kappa shape index (κ2) is 7.58. The molecule has 1 aromatic carbocycles. The zero-order valence-electron chi connectivity index (χ0n) is 16.2. The molecule has 3 aromatic rings. The van der Waals surface area contributed by atoms with Gasteiger partial charge in [-0.05, 0) is 56.8 Å². The molecule has 1 N–H and O–H groups in total. The van der Waals surface area contributed by atoms with Crippen LogP contribution in [0.2, 0.25) is 5.02 Å². The second-order valence-corrected chi connectivity index (χ2v) is 9.27. The molecule has 7 heteroatoms. The van der Waals surface area contributed by atoms with Gasteiger partial charge in [-0.2, -0.15) is 0 Å². The van der Waals surface area contributed by atoms with Crippen LogP contribution in [0.3, 0.4) is 0 Å². The van der Waals surface area contributed by atoms with Gasteiger partial charge < -0.3 is 4.98 Å². The number of aryl methyl sites for hydroxylation is 1. The van der Waals surface area contributed by atoms with E-state index in [1.54, 1.807) is 23.5 Å². The molecule has 1 aliphatic rings. The van der Waals surface area contributed by atoms with Crippen LogP contribution in [0.1, 0.15) is 48.1 Å². The number of hydrogen-bond acceptors (Lipinski definition) is 4. The summed E-state index contributed by atoms with van der Waals surface area (Å²) in [5.74, 6) is 0.914. The van der Waals surface area contributed by atoms with E-state index >= 15 is 0 Å². The van der Waals surface area contributed by atoms with Gasteiger partial charge in [0.1, 0.15) is 16.5 Å². The molecule has 0 saturated heterocycles. The molecule has 148 valence electrons. The molecule has 2 unspecified atom stereocenters. The molecule has 0 amide bonds. The lowest BCUT2D eigenvalue weighted by atomic mass is 9.89. The van der Waals surface area contributed by atoms with Crippen molar-refractivity contribution in [3.63, 3.8) is 0 Å². The Morgan fingerprint density at radius 3 is 3.00 bits per heavy atom. The highest BCUT2D eigenvalue weighted by molar-refractivity contribution is 7.18. The molecule has 0 fully saturated rings. The fraction of sp³-hybridized carbons (Fsp3) is 0.429. The molecule has 2 atom stereocenters. The Balaban J connectivity index is 1.66. The summed E-state index contributed by atoms with van der Waals surface area (Å²) >= 11 is 7.80. The number of aromatic nitrogens is 2. The third kappa shape index (κ3) is 3.49. The quantitative estimate of drug-likeness (QED) is 0.640. The van der Waals surface area contributed by atoms with Gasteiger partial charge in [-0.1, -0.05) is 24.6 Å². The summed E-state index contributed by atoms with van der Waals surface area (Å²) in [6.07, 6.45) is 3.08. The predicted octanol–water partition coefficient (Wildman–Crippen LogP) is 5.09. The Morgan fingerprint density at radius 1 is 1.46 bits per heavy atom. The van der Waals surface area contributed by atoms with Crippen molar-refractivity contribution >= 4 is 33.2 Å². The number of benzene rings is 1. The second-order valence-electron chi connectivity index (χ2n) is 7.77. The molecule has 4 nitrogen and oxygen atoms in total. The summed E-state index contributed by atoms with van der Waals surface area (Å²) in [4.78, 5) is 24.6. The molecule has 2 aromatic heterocycles. The van der Waals surface area contributed by atoms with Crippen LogP contribution < -0.4 is 5.56 Å². The lowest BCUT2D eigenvalue weighted by Gasteiger charge is -2.24. The molecule has 0 aliphatic heterocycles. The maximum absolute atomic E-state index is 14.1. The van der Waals surface area contributed by atoms with Gasteiger partial charge in [-0.3, -0.25) is 9.69 Å². The van der Waals surface area contributed by atoms with E-state index in [9.17, 15) is 9.18 Å². The Hall–Kier alpha value is -1.76. The van der Waals surface area contributed by atoms with Crippen LogP contribution in [0.15, 0.2) is 23.0 Å². The zero-order valence-corrected chi connectivity index (χ0v) is 17.8. The summed E-state index contributed by atoms with van der Waals surface area (Å²) in [6.45, 7) is 4.53. The van der Waals surface area contributed by atoms with Crippen molar-refractivity contribution in [2.24, 2.45) is 5.92 Å². The highest BCUT2D eigenvalue weighted by Crippen LogP contribution is 2.36. The van der Waals surface area contributed by atoms with E-state index in [0.29, 0.717) is 28.9 Å². The van der Waals surface area contributed by atoms with Crippen molar-refractivity contribution in [2.45, 2.75) is 45.7 Å². The van der Waals surface area contributed by atoms with E-state index in [2.05, 4.69) is 11.9 Å². The fourth-order valence-electron chi connectivity index (χ4n) is 3.84. The van der Waals surface area contributed by atoms with Crippen LogP contribution in [0.5, 0.6) is 0 Å². The van der Waals surface area contributed by atoms with Crippen molar-refractivity contribution in [3.05, 3.63) is 61.2 Å². The molecule has 4 rings (SSSR count). The topological polar surface area (TPSA) is 49.0 Å². The van der Waals surface area contributed by atoms with Crippen molar-refractivity contribution in [1.29, 1.82) is 0 Å². The average molecular weight is 420 g/mol.